The van der Waals surface area contributed by atoms with E-state index in [-0.39, 0.29) is 6.61 Å². The molecular weight excluding hydrogens is 314 g/mol. The highest BCUT2D eigenvalue weighted by atomic mass is 16.5. The summed E-state index contributed by atoms with van der Waals surface area (Å²) in [6.07, 6.45) is 4.97. The van der Waals surface area contributed by atoms with Crippen LogP contribution in [0, 0.1) is 0 Å². The van der Waals surface area contributed by atoms with Gasteiger partial charge < -0.3 is 14.8 Å². The number of hydrogen-bond donors (Lipinski definition) is 2. The molecule has 3 aromatic rings. The average molecular weight is 339 g/mol. The van der Waals surface area contributed by atoms with Crippen molar-refractivity contribution in [2.24, 2.45) is 0 Å². The summed E-state index contributed by atoms with van der Waals surface area (Å²) in [7, 11) is 0. The van der Waals surface area contributed by atoms with Gasteiger partial charge in [-0.25, -0.2) is 0 Å². The predicted molar refractivity (Wildman–Crippen MR) is 99.6 cm³/mol. The Morgan fingerprint density at radius 2 is 2.08 bits per heavy atom. The molecule has 0 aliphatic heterocycles. The SMILES string of the molecule is CC(C)N(Cc1cccnc1)CC(O)COc1cccc2[nH]ccc12. The van der Waals surface area contributed by atoms with E-state index in [0.717, 1.165) is 28.8 Å². The van der Waals surface area contributed by atoms with E-state index in [1.54, 1.807) is 6.20 Å². The number of H-pyrrole nitrogens is 1. The fraction of sp³-hybridized carbons (Fsp3) is 0.350. The molecule has 1 aromatic carbocycles. The van der Waals surface area contributed by atoms with Gasteiger partial charge in [0.2, 0.25) is 0 Å². The number of hydrogen-bond acceptors (Lipinski definition) is 4. The van der Waals surface area contributed by atoms with Crippen molar-refractivity contribution in [3.63, 3.8) is 0 Å². The number of nitrogens with one attached hydrogen (secondary N) is 1. The third-order valence-electron chi connectivity index (χ3n) is 4.27. The second kappa shape index (κ2) is 8.14. The Labute approximate surface area is 148 Å². The minimum atomic E-state index is -0.562. The summed E-state index contributed by atoms with van der Waals surface area (Å²) in [5.41, 5.74) is 2.17. The van der Waals surface area contributed by atoms with Crippen LogP contribution in [-0.4, -0.2) is 45.3 Å². The van der Waals surface area contributed by atoms with E-state index in [2.05, 4.69) is 34.8 Å². The minimum Gasteiger partial charge on any atom is -0.490 e. The fourth-order valence-corrected chi connectivity index (χ4v) is 2.88. The third-order valence-corrected chi connectivity index (χ3v) is 4.27. The lowest BCUT2D eigenvalue weighted by molar-refractivity contribution is 0.0547. The first kappa shape index (κ1) is 17.5. The smallest absolute Gasteiger partial charge is 0.128 e. The van der Waals surface area contributed by atoms with Crippen LogP contribution in [-0.2, 0) is 6.54 Å². The van der Waals surface area contributed by atoms with Crippen LogP contribution < -0.4 is 4.74 Å². The molecule has 3 rings (SSSR count). The van der Waals surface area contributed by atoms with E-state index in [1.165, 1.54) is 0 Å². The highest BCUT2D eigenvalue weighted by Crippen LogP contribution is 2.24. The molecule has 1 atom stereocenters. The molecule has 0 saturated heterocycles. The number of aliphatic hydroxyl groups excluding tert-OH is 1. The Bertz CT molecular complexity index is 786. The third kappa shape index (κ3) is 4.59. The monoisotopic (exact) mass is 339 g/mol. The van der Waals surface area contributed by atoms with E-state index >= 15 is 0 Å². The van der Waals surface area contributed by atoms with Crippen LogP contribution in [0.5, 0.6) is 5.75 Å². The number of ether oxygens (including phenoxy) is 1. The molecule has 0 amide bonds. The van der Waals surface area contributed by atoms with Gasteiger partial charge in [0.1, 0.15) is 18.5 Å². The molecule has 5 nitrogen and oxygen atoms in total. The van der Waals surface area contributed by atoms with Crippen molar-refractivity contribution in [1.82, 2.24) is 14.9 Å². The molecule has 0 aliphatic carbocycles. The minimum absolute atomic E-state index is 0.264. The number of fused-ring (bicyclic) bond motifs is 1. The summed E-state index contributed by atoms with van der Waals surface area (Å²) in [6, 6.07) is 12.2. The first-order valence-electron chi connectivity index (χ1n) is 8.63. The van der Waals surface area contributed by atoms with Crippen molar-refractivity contribution in [2.75, 3.05) is 13.2 Å². The molecule has 0 saturated carbocycles. The van der Waals surface area contributed by atoms with Gasteiger partial charge in [0, 0.05) is 48.6 Å². The average Bonchev–Trinajstić information content (AvgIpc) is 3.09. The van der Waals surface area contributed by atoms with Crippen molar-refractivity contribution in [2.45, 2.75) is 32.5 Å². The van der Waals surface area contributed by atoms with Crippen LogP contribution in [0.1, 0.15) is 19.4 Å². The molecule has 132 valence electrons. The zero-order chi connectivity index (χ0) is 17.6. The number of aliphatic hydroxyl groups is 1. The van der Waals surface area contributed by atoms with Crippen LogP contribution in [0.15, 0.2) is 55.0 Å². The fourth-order valence-electron chi connectivity index (χ4n) is 2.88. The number of aromatic nitrogens is 2. The maximum Gasteiger partial charge on any atom is 0.128 e. The Morgan fingerprint density at radius 3 is 2.84 bits per heavy atom. The molecule has 2 N–H and O–H groups in total. The van der Waals surface area contributed by atoms with Crippen LogP contribution in [0.25, 0.3) is 10.9 Å². The maximum atomic E-state index is 10.4. The summed E-state index contributed by atoms with van der Waals surface area (Å²) in [5, 5.41) is 11.5. The van der Waals surface area contributed by atoms with Gasteiger partial charge in [0.25, 0.3) is 0 Å². The maximum absolute atomic E-state index is 10.4. The van der Waals surface area contributed by atoms with Gasteiger partial charge >= 0.3 is 0 Å². The molecule has 0 bridgehead atoms. The molecule has 5 heteroatoms. The quantitative estimate of drug-likeness (QED) is 0.661. The van der Waals surface area contributed by atoms with Gasteiger partial charge in [0.15, 0.2) is 0 Å². The molecule has 0 fully saturated rings. The molecule has 2 aromatic heterocycles. The first-order chi connectivity index (χ1) is 12.1. The highest BCUT2D eigenvalue weighted by Gasteiger charge is 2.16. The number of aromatic amines is 1. The van der Waals surface area contributed by atoms with Gasteiger partial charge in [0.05, 0.1) is 0 Å². The lowest BCUT2D eigenvalue weighted by Gasteiger charge is -2.28. The largest absolute Gasteiger partial charge is 0.490 e. The van der Waals surface area contributed by atoms with Crippen molar-refractivity contribution < 1.29 is 9.84 Å². The van der Waals surface area contributed by atoms with Crippen LogP contribution in [0.4, 0.5) is 0 Å². The van der Waals surface area contributed by atoms with Gasteiger partial charge in [-0.3, -0.25) is 9.88 Å². The second-order valence-electron chi connectivity index (χ2n) is 6.54. The first-order valence-corrected chi connectivity index (χ1v) is 8.63. The van der Waals surface area contributed by atoms with E-state index < -0.39 is 6.10 Å². The van der Waals surface area contributed by atoms with Crippen molar-refractivity contribution >= 4 is 10.9 Å². The van der Waals surface area contributed by atoms with Crippen molar-refractivity contribution in [3.8, 4) is 5.75 Å². The van der Waals surface area contributed by atoms with Crippen molar-refractivity contribution in [1.29, 1.82) is 0 Å². The van der Waals surface area contributed by atoms with Gasteiger partial charge in [-0.2, -0.15) is 0 Å². The summed E-state index contributed by atoms with van der Waals surface area (Å²) in [6.45, 7) is 5.83. The molecule has 0 spiro atoms. The van der Waals surface area contributed by atoms with Crippen LogP contribution in [0.3, 0.4) is 0 Å². The molecule has 1 unspecified atom stereocenters. The normalized spacial score (nSPS) is 12.8. The zero-order valence-electron chi connectivity index (χ0n) is 14.7. The Hall–Kier alpha value is -2.37. The topological polar surface area (TPSA) is 61.4 Å². The van der Waals surface area contributed by atoms with Crippen LogP contribution in [0.2, 0.25) is 0 Å². The van der Waals surface area contributed by atoms with Crippen molar-refractivity contribution in [3.05, 3.63) is 60.6 Å². The summed E-state index contributed by atoms with van der Waals surface area (Å²) in [5.74, 6) is 0.793. The molecule has 2 heterocycles. The number of pyridine rings is 1. The van der Waals surface area contributed by atoms with Gasteiger partial charge in [-0.05, 0) is 43.7 Å². The summed E-state index contributed by atoms with van der Waals surface area (Å²) < 4.78 is 5.86. The summed E-state index contributed by atoms with van der Waals surface area (Å²) >= 11 is 0. The Morgan fingerprint density at radius 1 is 1.20 bits per heavy atom. The number of nitrogens with zero attached hydrogens (tertiary/aromatic N) is 2. The molecule has 25 heavy (non-hydrogen) atoms. The van der Waals surface area contributed by atoms with Gasteiger partial charge in [-0.15, -0.1) is 0 Å². The van der Waals surface area contributed by atoms with Gasteiger partial charge in [-0.1, -0.05) is 12.1 Å². The van der Waals surface area contributed by atoms with E-state index in [4.69, 9.17) is 4.74 Å². The standard InChI is InChI=1S/C20H25N3O2/c1-15(2)23(12-16-5-4-9-21-11-16)13-17(24)14-25-20-7-3-6-19-18(20)8-10-22-19/h3-11,15,17,22,24H,12-14H2,1-2H3. The highest BCUT2D eigenvalue weighted by molar-refractivity contribution is 5.85. The molecule has 0 radical (unpaired) electrons. The molecular formula is C20H25N3O2. The van der Waals surface area contributed by atoms with E-state index in [1.807, 2.05) is 42.7 Å². The second-order valence-corrected chi connectivity index (χ2v) is 6.54. The van der Waals surface area contributed by atoms with Crippen LogP contribution >= 0.6 is 0 Å². The Balaban J connectivity index is 1.58. The lowest BCUT2D eigenvalue weighted by atomic mass is 10.2. The number of rotatable bonds is 8. The predicted octanol–water partition coefficient (Wildman–Crippen LogP) is 3.21. The summed E-state index contributed by atoms with van der Waals surface area (Å²) in [4.78, 5) is 9.55. The Kier molecular flexibility index (Phi) is 5.68. The van der Waals surface area contributed by atoms with E-state index in [9.17, 15) is 5.11 Å². The van der Waals surface area contributed by atoms with E-state index in [0.29, 0.717) is 12.6 Å². The number of benzene rings is 1. The zero-order valence-corrected chi connectivity index (χ0v) is 14.7. The lowest BCUT2D eigenvalue weighted by Crippen LogP contribution is -2.39. The molecule has 0 aliphatic rings.